The van der Waals surface area contributed by atoms with Crippen molar-refractivity contribution in [1.82, 2.24) is 0 Å². The molecule has 4 aromatic carbocycles. The molecule has 0 bridgehead atoms. The van der Waals surface area contributed by atoms with Gasteiger partial charge in [-0.1, -0.05) is 12.1 Å². The van der Waals surface area contributed by atoms with Crippen molar-refractivity contribution in [3.05, 3.63) is 71.8 Å². The van der Waals surface area contributed by atoms with Crippen LogP contribution in [-0.2, 0) is 0 Å². The molecule has 0 saturated heterocycles. The lowest BCUT2D eigenvalue weighted by molar-refractivity contribution is 0.669. The zero-order chi connectivity index (χ0) is 18.1. The van der Waals surface area contributed by atoms with Gasteiger partial charge in [0.1, 0.15) is 22.3 Å². The van der Waals surface area contributed by atoms with Crippen LogP contribution in [0.5, 0.6) is 0 Å². The largest absolute Gasteiger partial charge is 0.455 e. The van der Waals surface area contributed by atoms with Gasteiger partial charge in [-0.05, 0) is 61.0 Å². The van der Waals surface area contributed by atoms with E-state index in [1.165, 1.54) is 5.56 Å². The fourth-order valence-electron chi connectivity index (χ4n) is 4.05. The highest BCUT2D eigenvalue weighted by Gasteiger charge is 2.15. The summed E-state index contributed by atoms with van der Waals surface area (Å²) in [5, 5.41) is 15.5. The molecule has 6 rings (SSSR count). The summed E-state index contributed by atoms with van der Waals surface area (Å²) in [5.41, 5.74) is 5.13. The van der Waals surface area contributed by atoms with Gasteiger partial charge < -0.3 is 8.83 Å². The summed E-state index contributed by atoms with van der Waals surface area (Å²) in [6.07, 6.45) is 0. The molecule has 3 nitrogen and oxygen atoms in total. The van der Waals surface area contributed by atoms with Crippen molar-refractivity contribution in [1.29, 1.82) is 5.26 Å². The van der Waals surface area contributed by atoms with Gasteiger partial charge in [-0.3, -0.25) is 0 Å². The Hall–Kier alpha value is -3.77. The quantitative estimate of drug-likeness (QED) is 0.303. The van der Waals surface area contributed by atoms with Gasteiger partial charge in [0.2, 0.25) is 0 Å². The Kier molecular flexibility index (Phi) is 2.61. The number of hydrogen-bond donors (Lipinski definition) is 0. The zero-order valence-corrected chi connectivity index (χ0v) is 14.5. The van der Waals surface area contributed by atoms with Crippen molar-refractivity contribution in [2.75, 3.05) is 0 Å². The lowest BCUT2D eigenvalue weighted by atomic mass is 10.0. The van der Waals surface area contributed by atoms with Crippen molar-refractivity contribution in [3.63, 3.8) is 0 Å². The fraction of sp³-hybridized carbons (Fsp3) is 0.0417. The summed E-state index contributed by atoms with van der Waals surface area (Å²) >= 11 is 0. The molecule has 0 spiro atoms. The van der Waals surface area contributed by atoms with E-state index in [4.69, 9.17) is 14.1 Å². The molecule has 126 valence electrons. The fourth-order valence-corrected chi connectivity index (χ4v) is 4.05. The molecule has 0 fully saturated rings. The van der Waals surface area contributed by atoms with Gasteiger partial charge >= 0.3 is 0 Å². The minimum atomic E-state index is 0.598. The first-order valence-electron chi connectivity index (χ1n) is 8.84. The molecular weight excluding hydrogens is 334 g/mol. The molecule has 2 aromatic heterocycles. The SMILES string of the molecule is Cc1ccc2c(c1)oc1c2ccc2c1ccc1c3ccc(C#N)cc3oc12. The molecule has 0 amide bonds. The van der Waals surface area contributed by atoms with Crippen LogP contribution in [0.4, 0.5) is 0 Å². The first-order chi connectivity index (χ1) is 13.2. The maximum absolute atomic E-state index is 9.15. The summed E-state index contributed by atoms with van der Waals surface area (Å²) in [7, 11) is 0. The Morgan fingerprint density at radius 3 is 1.70 bits per heavy atom. The van der Waals surface area contributed by atoms with E-state index in [9.17, 15) is 0 Å². The zero-order valence-electron chi connectivity index (χ0n) is 14.5. The highest BCUT2D eigenvalue weighted by Crippen LogP contribution is 2.39. The Labute approximate surface area is 154 Å². The van der Waals surface area contributed by atoms with Crippen LogP contribution in [0.1, 0.15) is 11.1 Å². The molecule has 27 heavy (non-hydrogen) atoms. The lowest BCUT2D eigenvalue weighted by Gasteiger charge is -2.00. The van der Waals surface area contributed by atoms with Gasteiger partial charge in [0.05, 0.1) is 11.6 Å². The van der Waals surface area contributed by atoms with Crippen molar-refractivity contribution in [2.45, 2.75) is 6.92 Å². The third-order valence-electron chi connectivity index (χ3n) is 5.35. The van der Waals surface area contributed by atoms with Crippen LogP contribution in [0.25, 0.3) is 54.6 Å². The number of fused-ring (bicyclic) bond motifs is 9. The van der Waals surface area contributed by atoms with Crippen LogP contribution in [-0.4, -0.2) is 0 Å². The van der Waals surface area contributed by atoms with Crippen molar-refractivity contribution >= 4 is 54.6 Å². The minimum Gasteiger partial charge on any atom is -0.455 e. The molecule has 0 aliphatic rings. The molecule has 0 N–H and O–H groups in total. The Balaban J connectivity index is 1.78. The molecule has 0 saturated carbocycles. The average molecular weight is 347 g/mol. The first-order valence-corrected chi connectivity index (χ1v) is 8.84. The molecule has 2 heterocycles. The molecule has 6 aromatic rings. The number of benzene rings is 4. The van der Waals surface area contributed by atoms with Crippen LogP contribution < -0.4 is 0 Å². The van der Waals surface area contributed by atoms with Gasteiger partial charge in [0.15, 0.2) is 0 Å². The molecule has 0 atom stereocenters. The normalized spacial score (nSPS) is 11.9. The Morgan fingerprint density at radius 1 is 0.630 bits per heavy atom. The number of nitriles is 1. The van der Waals surface area contributed by atoms with Crippen molar-refractivity contribution in [2.24, 2.45) is 0 Å². The Morgan fingerprint density at radius 2 is 1.11 bits per heavy atom. The topological polar surface area (TPSA) is 50.1 Å². The average Bonchev–Trinajstić information content (AvgIpc) is 3.24. The third kappa shape index (κ3) is 1.84. The lowest BCUT2D eigenvalue weighted by Crippen LogP contribution is -1.75. The number of aryl methyl sites for hydroxylation is 1. The predicted octanol–water partition coefficient (Wildman–Crippen LogP) is 6.82. The van der Waals surface area contributed by atoms with Crippen molar-refractivity contribution < 1.29 is 8.83 Å². The summed E-state index contributed by atoms with van der Waals surface area (Å²) in [6.45, 7) is 2.07. The van der Waals surface area contributed by atoms with E-state index in [0.29, 0.717) is 5.56 Å². The maximum atomic E-state index is 9.15. The van der Waals surface area contributed by atoms with Crippen LogP contribution in [0.2, 0.25) is 0 Å². The van der Waals surface area contributed by atoms with E-state index < -0.39 is 0 Å². The van der Waals surface area contributed by atoms with Gasteiger partial charge in [0.25, 0.3) is 0 Å². The van der Waals surface area contributed by atoms with Gasteiger partial charge in [-0.15, -0.1) is 0 Å². The van der Waals surface area contributed by atoms with Gasteiger partial charge in [-0.2, -0.15) is 5.26 Å². The second kappa shape index (κ2) is 4.90. The van der Waals surface area contributed by atoms with E-state index in [2.05, 4.69) is 55.5 Å². The van der Waals surface area contributed by atoms with E-state index in [1.807, 2.05) is 12.1 Å². The highest BCUT2D eigenvalue weighted by atomic mass is 16.3. The molecule has 0 aliphatic heterocycles. The van der Waals surface area contributed by atoms with Gasteiger partial charge in [0, 0.05) is 32.3 Å². The maximum Gasteiger partial charge on any atom is 0.143 e. The highest BCUT2D eigenvalue weighted by molar-refractivity contribution is 6.22. The molecule has 3 heteroatoms. The van der Waals surface area contributed by atoms with Gasteiger partial charge in [-0.25, -0.2) is 0 Å². The number of furan rings is 2. The minimum absolute atomic E-state index is 0.598. The summed E-state index contributed by atoms with van der Waals surface area (Å²) < 4.78 is 12.4. The predicted molar refractivity (Wildman–Crippen MR) is 108 cm³/mol. The van der Waals surface area contributed by atoms with Crippen LogP contribution >= 0.6 is 0 Å². The molecular formula is C24H13NO2. The molecule has 0 aliphatic carbocycles. The second-order valence-electron chi connectivity index (χ2n) is 7.01. The van der Waals surface area contributed by atoms with Crippen LogP contribution in [0.15, 0.2) is 69.5 Å². The smallest absolute Gasteiger partial charge is 0.143 e. The summed E-state index contributed by atoms with van der Waals surface area (Å²) in [5.74, 6) is 0. The van der Waals surface area contributed by atoms with E-state index >= 15 is 0 Å². The third-order valence-corrected chi connectivity index (χ3v) is 5.35. The van der Waals surface area contributed by atoms with Crippen molar-refractivity contribution in [3.8, 4) is 6.07 Å². The molecule has 0 radical (unpaired) electrons. The van der Waals surface area contributed by atoms with Crippen LogP contribution in [0.3, 0.4) is 0 Å². The number of rotatable bonds is 0. The monoisotopic (exact) mass is 347 g/mol. The number of hydrogen-bond acceptors (Lipinski definition) is 3. The standard InChI is InChI=1S/C24H13NO2/c1-13-2-4-15-17-6-8-20-19(23(17)26-21(15)10-13)9-7-18-16-5-3-14(12-25)11-22(16)27-24(18)20/h2-11H,1H3. The van der Waals surface area contributed by atoms with E-state index in [-0.39, 0.29) is 0 Å². The Bertz CT molecular complexity index is 1590. The molecule has 0 unspecified atom stereocenters. The van der Waals surface area contributed by atoms with E-state index in [0.717, 1.165) is 54.6 Å². The summed E-state index contributed by atoms with van der Waals surface area (Å²) in [4.78, 5) is 0. The second-order valence-corrected chi connectivity index (χ2v) is 7.01. The number of nitrogens with zero attached hydrogens (tertiary/aromatic N) is 1. The first kappa shape index (κ1) is 14.4. The van der Waals surface area contributed by atoms with E-state index in [1.54, 1.807) is 6.07 Å². The van der Waals surface area contributed by atoms with Crippen LogP contribution in [0, 0.1) is 18.3 Å². The summed E-state index contributed by atoms with van der Waals surface area (Å²) in [6, 6.07) is 22.4.